The van der Waals surface area contributed by atoms with Crippen LogP contribution < -0.4 is 0 Å². The van der Waals surface area contributed by atoms with Crippen molar-refractivity contribution in [2.24, 2.45) is 0 Å². The minimum absolute atomic E-state index is 0. The van der Waals surface area contributed by atoms with E-state index in [9.17, 15) is 9.59 Å². The molecule has 9 heavy (non-hydrogen) atoms. The number of Topliss-reactive ketones (excluding diaryl/α,β-unsaturated/α-hetero) is 2. The molecular weight excluding hydrogens is 168 g/mol. The molecule has 0 amide bonds. The normalized spacial score (nSPS) is 7.78. The van der Waals surface area contributed by atoms with Crippen molar-refractivity contribution in [1.82, 2.24) is 0 Å². The molecule has 0 unspecified atom stereocenters. The predicted octanol–water partition coefficient (Wildman–Crippen LogP) is 0.942. The van der Waals surface area contributed by atoms with Gasteiger partial charge in [-0.2, -0.15) is 0 Å². The quantitative estimate of drug-likeness (QED) is 0.602. The maximum Gasteiger partial charge on any atom is 0.130 e. The van der Waals surface area contributed by atoms with E-state index < -0.39 is 0 Å². The Morgan fingerprint density at radius 1 is 1.00 bits per heavy atom. The largest absolute Gasteiger partial charge is 0.300 e. The Balaban J connectivity index is 0. The van der Waals surface area contributed by atoms with E-state index >= 15 is 0 Å². The van der Waals surface area contributed by atoms with Crippen molar-refractivity contribution in [3.8, 4) is 0 Å². The van der Waals surface area contributed by atoms with E-state index in [0.717, 1.165) is 0 Å². The van der Waals surface area contributed by atoms with Crippen LogP contribution in [0.4, 0.5) is 0 Å². The van der Waals surface area contributed by atoms with Gasteiger partial charge in [0.2, 0.25) is 0 Å². The van der Waals surface area contributed by atoms with Crippen LogP contribution in [-0.2, 0) is 26.7 Å². The summed E-state index contributed by atoms with van der Waals surface area (Å²) in [6, 6.07) is 0. The van der Waals surface area contributed by atoms with Gasteiger partial charge in [0, 0.05) is 29.9 Å². The first-order valence-corrected chi connectivity index (χ1v) is 2.62. The third-order valence-electron chi connectivity index (χ3n) is 0.829. The van der Waals surface area contributed by atoms with E-state index in [1.165, 1.54) is 13.8 Å². The molecule has 0 spiro atoms. The summed E-state index contributed by atoms with van der Waals surface area (Å²) >= 11 is 0. The van der Waals surface area contributed by atoms with Gasteiger partial charge in [-0.3, -0.25) is 0 Å². The summed E-state index contributed by atoms with van der Waals surface area (Å²) in [5, 5.41) is 0. The smallest absolute Gasteiger partial charge is 0.130 e. The summed E-state index contributed by atoms with van der Waals surface area (Å²) < 4.78 is 0. The number of hydrogen-bond acceptors (Lipinski definition) is 2. The second-order valence-electron chi connectivity index (χ2n) is 1.90. The van der Waals surface area contributed by atoms with Crippen LogP contribution in [0.1, 0.15) is 26.7 Å². The maximum atomic E-state index is 10.2. The molecule has 0 aromatic heterocycles. The van der Waals surface area contributed by atoms with Gasteiger partial charge in [0.05, 0.1) is 0 Å². The van der Waals surface area contributed by atoms with E-state index in [-0.39, 0.29) is 28.6 Å². The first kappa shape index (κ1) is 11.6. The van der Waals surface area contributed by atoms with Gasteiger partial charge < -0.3 is 9.59 Å². The van der Waals surface area contributed by atoms with E-state index in [0.29, 0.717) is 12.8 Å². The van der Waals surface area contributed by atoms with Crippen LogP contribution in [-0.4, -0.2) is 11.6 Å². The molecule has 3 heteroatoms. The van der Waals surface area contributed by atoms with Crippen LogP contribution in [0, 0.1) is 0 Å². The van der Waals surface area contributed by atoms with Crippen LogP contribution in [0.15, 0.2) is 0 Å². The van der Waals surface area contributed by atoms with Crippen molar-refractivity contribution in [2.75, 3.05) is 0 Å². The fourth-order valence-electron chi connectivity index (χ4n) is 0.352. The fourth-order valence-corrected chi connectivity index (χ4v) is 0.352. The Bertz CT molecular complexity index is 95.6. The molecule has 57 valence electrons. The fraction of sp³-hybridized carbons (Fsp3) is 0.667. The molecule has 0 aromatic rings. The number of carbonyl (C=O) groups is 2. The third kappa shape index (κ3) is 11.4. The van der Waals surface area contributed by atoms with Crippen LogP contribution >= 0.6 is 0 Å². The molecule has 0 aliphatic rings. The molecule has 0 atom stereocenters. The summed E-state index contributed by atoms with van der Waals surface area (Å²) in [6.07, 6.45) is 0.796. The summed E-state index contributed by atoms with van der Waals surface area (Å²) in [5.41, 5.74) is 0. The maximum absolute atomic E-state index is 10.2. The molecule has 0 rings (SSSR count). The molecule has 0 saturated carbocycles. The number of hydrogen-bond donors (Lipinski definition) is 0. The molecule has 0 heterocycles. The molecule has 0 bridgehead atoms. The Labute approximate surface area is 65.5 Å². The Morgan fingerprint density at radius 2 is 1.22 bits per heavy atom. The first-order valence-electron chi connectivity index (χ1n) is 2.62. The molecule has 0 saturated heterocycles. The van der Waals surface area contributed by atoms with Crippen LogP contribution in [0.5, 0.6) is 0 Å². The molecule has 0 aliphatic carbocycles. The van der Waals surface area contributed by atoms with Crippen molar-refractivity contribution in [1.29, 1.82) is 0 Å². The van der Waals surface area contributed by atoms with Crippen molar-refractivity contribution in [3.63, 3.8) is 0 Å². The number of ketones is 2. The molecular formula is C6H10CuO2. The zero-order valence-electron chi connectivity index (χ0n) is 5.53. The van der Waals surface area contributed by atoms with Crippen LogP contribution in [0.25, 0.3) is 0 Å². The average molecular weight is 178 g/mol. The van der Waals surface area contributed by atoms with Gasteiger partial charge in [-0.15, -0.1) is 0 Å². The Kier molecular flexibility index (Phi) is 7.74. The van der Waals surface area contributed by atoms with Gasteiger partial charge in [-0.05, 0) is 13.8 Å². The predicted molar refractivity (Wildman–Crippen MR) is 30.6 cm³/mol. The Morgan fingerprint density at radius 3 is 1.33 bits per heavy atom. The number of rotatable bonds is 3. The van der Waals surface area contributed by atoms with E-state index in [1.54, 1.807) is 0 Å². The second-order valence-corrected chi connectivity index (χ2v) is 1.90. The van der Waals surface area contributed by atoms with E-state index in [2.05, 4.69) is 0 Å². The van der Waals surface area contributed by atoms with Crippen molar-refractivity contribution in [3.05, 3.63) is 0 Å². The summed E-state index contributed by atoms with van der Waals surface area (Å²) in [7, 11) is 0. The SMILES string of the molecule is CC(=O)CCC(C)=O.[Cu]. The molecule has 1 radical (unpaired) electrons. The standard InChI is InChI=1S/C6H10O2.Cu/c1-5(7)3-4-6(2)8;/h3-4H2,1-2H3;. The van der Waals surface area contributed by atoms with Gasteiger partial charge >= 0.3 is 0 Å². The summed E-state index contributed by atoms with van der Waals surface area (Å²) in [5.74, 6) is 0.167. The van der Waals surface area contributed by atoms with Crippen molar-refractivity contribution >= 4 is 11.6 Å². The van der Waals surface area contributed by atoms with Crippen molar-refractivity contribution in [2.45, 2.75) is 26.7 Å². The Hall–Kier alpha value is -0.141. The van der Waals surface area contributed by atoms with Gasteiger partial charge in [-0.25, -0.2) is 0 Å². The first-order chi connectivity index (χ1) is 3.63. The molecule has 0 N–H and O–H groups in total. The third-order valence-corrected chi connectivity index (χ3v) is 0.829. The summed E-state index contributed by atoms with van der Waals surface area (Å²) in [6.45, 7) is 2.98. The zero-order valence-corrected chi connectivity index (χ0v) is 6.47. The number of carbonyl (C=O) groups excluding carboxylic acids is 2. The second kappa shape index (κ2) is 5.99. The van der Waals surface area contributed by atoms with Gasteiger partial charge in [0.15, 0.2) is 0 Å². The van der Waals surface area contributed by atoms with Crippen LogP contribution in [0.3, 0.4) is 0 Å². The van der Waals surface area contributed by atoms with Gasteiger partial charge in [0.25, 0.3) is 0 Å². The van der Waals surface area contributed by atoms with Crippen LogP contribution in [0.2, 0.25) is 0 Å². The molecule has 2 nitrogen and oxygen atoms in total. The summed E-state index contributed by atoms with van der Waals surface area (Å²) in [4.78, 5) is 20.4. The molecule has 0 aliphatic heterocycles. The van der Waals surface area contributed by atoms with Crippen molar-refractivity contribution < 1.29 is 26.7 Å². The zero-order chi connectivity index (χ0) is 6.57. The minimum Gasteiger partial charge on any atom is -0.300 e. The monoisotopic (exact) mass is 177 g/mol. The minimum atomic E-state index is 0. The van der Waals surface area contributed by atoms with Gasteiger partial charge in [0.1, 0.15) is 11.6 Å². The average Bonchev–Trinajstić information content (AvgIpc) is 1.61. The van der Waals surface area contributed by atoms with Gasteiger partial charge in [-0.1, -0.05) is 0 Å². The molecule has 0 aromatic carbocycles. The molecule has 0 fully saturated rings. The topological polar surface area (TPSA) is 34.1 Å². The van der Waals surface area contributed by atoms with E-state index in [1.807, 2.05) is 0 Å². The van der Waals surface area contributed by atoms with E-state index in [4.69, 9.17) is 0 Å².